The highest BCUT2D eigenvalue weighted by molar-refractivity contribution is 5.70. The highest BCUT2D eigenvalue weighted by Crippen LogP contribution is 2.64. The molecule has 0 nitrogen and oxygen atoms in total. The van der Waals surface area contributed by atoms with Crippen molar-refractivity contribution in [3.8, 4) is 0 Å². The zero-order valence-electron chi connectivity index (χ0n) is 11.6. The molecular formula is C17H21F. The van der Waals surface area contributed by atoms with Crippen LogP contribution in [0.15, 0.2) is 24.3 Å². The van der Waals surface area contributed by atoms with Crippen molar-refractivity contribution in [2.24, 2.45) is 23.2 Å². The number of rotatable bonds is 1. The van der Waals surface area contributed by atoms with Gasteiger partial charge >= 0.3 is 0 Å². The molecule has 0 bridgehead atoms. The molecule has 0 radical (unpaired) electrons. The fourth-order valence-electron chi connectivity index (χ4n) is 3.67. The van der Waals surface area contributed by atoms with Crippen molar-refractivity contribution in [3.63, 3.8) is 0 Å². The highest BCUT2D eigenvalue weighted by atomic mass is 19.1. The maximum Gasteiger partial charge on any atom is 0.126 e. The summed E-state index contributed by atoms with van der Waals surface area (Å²) in [6.07, 6.45) is 3.53. The van der Waals surface area contributed by atoms with Crippen molar-refractivity contribution in [2.45, 2.75) is 34.1 Å². The Labute approximate surface area is 109 Å². The molecule has 1 saturated carbocycles. The number of aryl methyl sites for hydroxylation is 1. The van der Waals surface area contributed by atoms with E-state index in [1.807, 2.05) is 13.0 Å². The molecule has 1 fully saturated rings. The lowest BCUT2D eigenvalue weighted by atomic mass is 9.85. The van der Waals surface area contributed by atoms with Gasteiger partial charge in [0.1, 0.15) is 5.82 Å². The second kappa shape index (κ2) is 3.69. The van der Waals surface area contributed by atoms with E-state index in [0.29, 0.717) is 5.41 Å². The molecule has 2 aliphatic carbocycles. The first-order valence-corrected chi connectivity index (χ1v) is 6.85. The molecule has 96 valence electrons. The maximum atomic E-state index is 13.6. The Hall–Kier alpha value is -1.11. The molecule has 0 N–H and O–H groups in total. The molecule has 2 aliphatic rings. The molecule has 0 heterocycles. The second-order valence-corrected chi connectivity index (χ2v) is 6.99. The first-order valence-electron chi connectivity index (χ1n) is 6.85. The Balaban J connectivity index is 1.82. The van der Waals surface area contributed by atoms with E-state index in [0.717, 1.165) is 35.3 Å². The molecule has 3 unspecified atom stereocenters. The van der Waals surface area contributed by atoms with Crippen molar-refractivity contribution in [3.05, 3.63) is 41.2 Å². The summed E-state index contributed by atoms with van der Waals surface area (Å²) >= 11 is 0. The molecule has 1 aromatic rings. The Morgan fingerprint density at radius 1 is 1.22 bits per heavy atom. The fourth-order valence-corrected chi connectivity index (χ4v) is 3.67. The van der Waals surface area contributed by atoms with Crippen LogP contribution in [0.5, 0.6) is 0 Å². The molecule has 0 saturated heterocycles. The fraction of sp³-hybridized carbons (Fsp3) is 0.529. The van der Waals surface area contributed by atoms with Crippen molar-refractivity contribution < 1.29 is 4.39 Å². The van der Waals surface area contributed by atoms with Crippen LogP contribution >= 0.6 is 0 Å². The minimum Gasteiger partial charge on any atom is -0.207 e. The van der Waals surface area contributed by atoms with Gasteiger partial charge in [0.2, 0.25) is 0 Å². The summed E-state index contributed by atoms with van der Waals surface area (Å²) in [5, 5.41) is 0. The normalized spacial score (nSPS) is 30.1. The van der Waals surface area contributed by atoms with E-state index < -0.39 is 0 Å². The van der Waals surface area contributed by atoms with Gasteiger partial charge < -0.3 is 0 Å². The van der Waals surface area contributed by atoms with E-state index in [1.165, 1.54) is 5.57 Å². The van der Waals surface area contributed by atoms with Crippen LogP contribution in [0.3, 0.4) is 0 Å². The number of hydrogen-bond donors (Lipinski definition) is 0. The molecule has 1 heteroatoms. The molecule has 0 aliphatic heterocycles. The lowest BCUT2D eigenvalue weighted by Gasteiger charge is -2.20. The molecule has 1 aromatic carbocycles. The Bertz CT molecular complexity index is 519. The van der Waals surface area contributed by atoms with Crippen LogP contribution in [0.25, 0.3) is 5.57 Å². The monoisotopic (exact) mass is 244 g/mol. The van der Waals surface area contributed by atoms with E-state index in [9.17, 15) is 4.39 Å². The molecule has 18 heavy (non-hydrogen) atoms. The van der Waals surface area contributed by atoms with Gasteiger partial charge in [0, 0.05) is 0 Å². The first kappa shape index (κ1) is 12.0. The van der Waals surface area contributed by atoms with E-state index in [4.69, 9.17) is 0 Å². The number of fused-ring (bicyclic) bond motifs is 1. The summed E-state index contributed by atoms with van der Waals surface area (Å²) in [4.78, 5) is 0. The van der Waals surface area contributed by atoms with Crippen LogP contribution in [0.4, 0.5) is 4.39 Å². The number of benzene rings is 1. The van der Waals surface area contributed by atoms with Crippen molar-refractivity contribution in [1.29, 1.82) is 0 Å². The van der Waals surface area contributed by atoms with Crippen LogP contribution in [-0.4, -0.2) is 0 Å². The van der Waals surface area contributed by atoms with Gasteiger partial charge in [-0.25, -0.2) is 4.39 Å². The number of halogens is 1. The van der Waals surface area contributed by atoms with E-state index in [-0.39, 0.29) is 5.82 Å². The maximum absolute atomic E-state index is 13.6. The van der Waals surface area contributed by atoms with E-state index in [1.54, 1.807) is 6.07 Å². The third-order valence-corrected chi connectivity index (χ3v) is 4.62. The lowest BCUT2D eigenvalue weighted by molar-refractivity contribution is 0.322. The minimum absolute atomic E-state index is 0.0821. The summed E-state index contributed by atoms with van der Waals surface area (Å²) in [6, 6.07) is 5.63. The molecule has 0 amide bonds. The van der Waals surface area contributed by atoms with Gasteiger partial charge in [-0.2, -0.15) is 0 Å². The Morgan fingerprint density at radius 3 is 2.44 bits per heavy atom. The van der Waals surface area contributed by atoms with Crippen LogP contribution in [0.1, 0.15) is 38.3 Å². The quantitative estimate of drug-likeness (QED) is 0.663. The predicted molar refractivity (Wildman–Crippen MR) is 73.7 cm³/mol. The molecule has 3 atom stereocenters. The summed E-state index contributed by atoms with van der Waals surface area (Å²) in [5.41, 5.74) is 3.58. The van der Waals surface area contributed by atoms with Crippen molar-refractivity contribution in [1.82, 2.24) is 0 Å². The van der Waals surface area contributed by atoms with E-state index in [2.05, 4.69) is 32.9 Å². The number of allylic oxidation sites excluding steroid dienone is 2. The highest BCUT2D eigenvalue weighted by Gasteiger charge is 2.56. The molecular weight excluding hydrogens is 223 g/mol. The van der Waals surface area contributed by atoms with Crippen LogP contribution in [0, 0.1) is 35.9 Å². The van der Waals surface area contributed by atoms with Crippen LogP contribution in [-0.2, 0) is 0 Å². The largest absolute Gasteiger partial charge is 0.207 e. The topological polar surface area (TPSA) is 0 Å². The smallest absolute Gasteiger partial charge is 0.126 e. The zero-order chi connectivity index (χ0) is 13.1. The SMILES string of the molecule is Cc1ccc(C2=CC3C(C2)C3C(C)(C)C)cc1F. The molecule has 3 rings (SSSR count). The number of hydrogen-bond acceptors (Lipinski definition) is 0. The third kappa shape index (κ3) is 1.81. The molecule has 0 aromatic heterocycles. The van der Waals surface area contributed by atoms with Gasteiger partial charge in [-0.05, 0) is 59.3 Å². The average molecular weight is 244 g/mol. The van der Waals surface area contributed by atoms with Crippen molar-refractivity contribution in [2.75, 3.05) is 0 Å². The van der Waals surface area contributed by atoms with Gasteiger partial charge in [-0.15, -0.1) is 0 Å². The second-order valence-electron chi connectivity index (χ2n) is 6.99. The zero-order valence-corrected chi connectivity index (χ0v) is 11.6. The van der Waals surface area contributed by atoms with Gasteiger partial charge in [-0.3, -0.25) is 0 Å². The third-order valence-electron chi connectivity index (χ3n) is 4.62. The lowest BCUT2D eigenvalue weighted by Crippen LogP contribution is -2.11. The molecule has 0 spiro atoms. The standard InChI is InChI=1S/C17H21F/c1-10-5-6-11(9-15(10)18)12-7-13-14(8-12)16(13)17(2,3)4/h5-7,9,13-14,16H,8H2,1-4H3. The minimum atomic E-state index is -0.0821. The first-order chi connectivity index (χ1) is 8.38. The average Bonchev–Trinajstić information content (AvgIpc) is 2.81. The van der Waals surface area contributed by atoms with Crippen LogP contribution < -0.4 is 0 Å². The van der Waals surface area contributed by atoms with Crippen molar-refractivity contribution >= 4 is 5.57 Å². The summed E-state index contributed by atoms with van der Waals surface area (Å²) in [7, 11) is 0. The Morgan fingerprint density at radius 2 is 1.94 bits per heavy atom. The summed E-state index contributed by atoms with van der Waals surface area (Å²) in [6.45, 7) is 8.80. The van der Waals surface area contributed by atoms with E-state index >= 15 is 0 Å². The summed E-state index contributed by atoms with van der Waals surface area (Å²) < 4.78 is 13.6. The van der Waals surface area contributed by atoms with Crippen LogP contribution in [0.2, 0.25) is 0 Å². The predicted octanol–water partition coefficient (Wildman–Crippen LogP) is 4.83. The van der Waals surface area contributed by atoms with Gasteiger partial charge in [-0.1, -0.05) is 39.0 Å². The Kier molecular flexibility index (Phi) is 2.45. The van der Waals surface area contributed by atoms with Gasteiger partial charge in [0.05, 0.1) is 0 Å². The van der Waals surface area contributed by atoms with Gasteiger partial charge in [0.15, 0.2) is 0 Å². The van der Waals surface area contributed by atoms with Gasteiger partial charge in [0.25, 0.3) is 0 Å². The summed E-state index contributed by atoms with van der Waals surface area (Å²) in [5.74, 6) is 2.30.